The lowest BCUT2D eigenvalue weighted by Crippen LogP contribution is -2.10. The highest BCUT2D eigenvalue weighted by Crippen LogP contribution is 2.19. The molecule has 0 spiro atoms. The molecule has 0 saturated heterocycles. The van der Waals surface area contributed by atoms with Crippen LogP contribution in [0.2, 0.25) is 0 Å². The highest BCUT2D eigenvalue weighted by molar-refractivity contribution is 5.92. The molecule has 2 rings (SSSR count). The van der Waals surface area contributed by atoms with Crippen molar-refractivity contribution >= 4 is 11.7 Å². The molecule has 0 bridgehead atoms. The number of aromatic nitrogens is 2. The fraction of sp³-hybridized carbons (Fsp3) is 0. The van der Waals surface area contributed by atoms with Gasteiger partial charge in [0.05, 0.1) is 12.4 Å². The Hall–Kier alpha value is -2.67. The maximum atomic E-state index is 10.9. The molecule has 0 aliphatic carbocycles. The summed E-state index contributed by atoms with van der Waals surface area (Å²) in [5.74, 6) is 5.91. The van der Waals surface area contributed by atoms with Gasteiger partial charge in [-0.3, -0.25) is 9.78 Å². The molecule has 1 amide bonds. The van der Waals surface area contributed by atoms with Gasteiger partial charge in [-0.2, -0.15) is 4.98 Å². The molecule has 0 atom stereocenters. The van der Waals surface area contributed by atoms with E-state index >= 15 is 0 Å². The maximum Gasteiger partial charge on any atom is 0.248 e. The third kappa shape index (κ3) is 2.71. The minimum atomic E-state index is -0.490. The molecular weight excluding hydrogens is 234 g/mol. The van der Waals surface area contributed by atoms with E-state index < -0.39 is 5.91 Å². The van der Waals surface area contributed by atoms with Gasteiger partial charge in [0, 0.05) is 5.56 Å². The van der Waals surface area contributed by atoms with Crippen LogP contribution >= 0.6 is 0 Å². The molecule has 1 heterocycles. The van der Waals surface area contributed by atoms with Crippen molar-refractivity contribution in [3.8, 4) is 11.6 Å². The van der Waals surface area contributed by atoms with Gasteiger partial charge < -0.3 is 15.9 Å². The summed E-state index contributed by atoms with van der Waals surface area (Å²) < 4.78 is 5.43. The molecule has 1 aromatic carbocycles. The van der Waals surface area contributed by atoms with Crippen molar-refractivity contribution in [2.24, 2.45) is 11.6 Å². The van der Waals surface area contributed by atoms with Gasteiger partial charge in [0.2, 0.25) is 11.8 Å². The minimum Gasteiger partial charge on any atom is -0.437 e. The molecule has 2 aromatic rings. The Morgan fingerprint density at radius 3 is 2.56 bits per heavy atom. The number of benzene rings is 1. The quantitative estimate of drug-likeness (QED) is 0.538. The number of amides is 1. The third-order valence-electron chi connectivity index (χ3n) is 2.12. The van der Waals surface area contributed by atoms with E-state index in [0.717, 1.165) is 0 Å². The second-order valence-electron chi connectivity index (χ2n) is 3.38. The van der Waals surface area contributed by atoms with Gasteiger partial charge in [-0.05, 0) is 24.3 Å². The smallest absolute Gasteiger partial charge is 0.248 e. The van der Waals surface area contributed by atoms with E-state index in [-0.39, 0.29) is 5.88 Å². The van der Waals surface area contributed by atoms with E-state index in [9.17, 15) is 4.79 Å². The van der Waals surface area contributed by atoms with Crippen molar-refractivity contribution in [2.45, 2.75) is 0 Å². The molecule has 7 heteroatoms. The van der Waals surface area contributed by atoms with Crippen molar-refractivity contribution in [2.75, 3.05) is 5.43 Å². The Morgan fingerprint density at radius 1 is 1.22 bits per heavy atom. The van der Waals surface area contributed by atoms with E-state index in [0.29, 0.717) is 17.1 Å². The number of hydrogen-bond donors (Lipinski definition) is 3. The first-order valence-corrected chi connectivity index (χ1v) is 5.05. The van der Waals surface area contributed by atoms with Gasteiger partial charge in [-0.1, -0.05) is 0 Å². The number of nitrogens with two attached hydrogens (primary N) is 2. The predicted molar refractivity (Wildman–Crippen MR) is 64.9 cm³/mol. The SMILES string of the molecule is NNc1cncc(Oc2ccc(C(N)=O)cc2)n1. The molecule has 0 unspecified atom stereocenters. The van der Waals surface area contributed by atoms with Crippen LogP contribution in [0, 0.1) is 0 Å². The average Bonchev–Trinajstić information content (AvgIpc) is 2.39. The molecule has 18 heavy (non-hydrogen) atoms. The van der Waals surface area contributed by atoms with Crippen LogP contribution in [-0.2, 0) is 0 Å². The van der Waals surface area contributed by atoms with Crippen LogP contribution in [0.25, 0.3) is 0 Å². The summed E-state index contributed by atoms with van der Waals surface area (Å²) in [6, 6.07) is 6.36. The van der Waals surface area contributed by atoms with Gasteiger partial charge in [0.1, 0.15) is 5.75 Å². The highest BCUT2D eigenvalue weighted by atomic mass is 16.5. The average molecular weight is 245 g/mol. The van der Waals surface area contributed by atoms with E-state index in [4.69, 9.17) is 16.3 Å². The van der Waals surface area contributed by atoms with Crippen LogP contribution in [0.15, 0.2) is 36.7 Å². The van der Waals surface area contributed by atoms with Crippen molar-refractivity contribution in [3.05, 3.63) is 42.2 Å². The normalized spacial score (nSPS) is 9.83. The number of nitrogen functional groups attached to an aromatic ring is 1. The van der Waals surface area contributed by atoms with Crippen molar-refractivity contribution in [1.29, 1.82) is 0 Å². The highest BCUT2D eigenvalue weighted by Gasteiger charge is 2.03. The zero-order valence-electron chi connectivity index (χ0n) is 9.33. The van der Waals surface area contributed by atoms with Gasteiger partial charge in [-0.25, -0.2) is 5.84 Å². The number of rotatable bonds is 4. The summed E-state index contributed by atoms with van der Waals surface area (Å²) in [5.41, 5.74) is 7.90. The Balaban J connectivity index is 2.15. The molecule has 7 nitrogen and oxygen atoms in total. The molecule has 1 aromatic heterocycles. The molecular formula is C11H11N5O2. The van der Waals surface area contributed by atoms with Crippen LogP contribution in [0.4, 0.5) is 5.82 Å². The number of anilines is 1. The summed E-state index contributed by atoms with van der Waals surface area (Å²) in [4.78, 5) is 18.8. The standard InChI is InChI=1S/C11H11N5O2/c12-11(17)7-1-3-8(4-2-7)18-10-6-14-5-9(15-10)16-13/h1-6H,13H2,(H2,12,17)(H,15,16). The largest absolute Gasteiger partial charge is 0.437 e. The Morgan fingerprint density at radius 2 is 1.94 bits per heavy atom. The predicted octanol–water partition coefficient (Wildman–Crippen LogP) is 0.653. The van der Waals surface area contributed by atoms with Crippen LogP contribution in [0.5, 0.6) is 11.6 Å². The Labute approximate surface area is 103 Å². The number of carbonyl (C=O) groups is 1. The summed E-state index contributed by atoms with van der Waals surface area (Å²) in [7, 11) is 0. The number of carbonyl (C=O) groups excluding carboxylic acids is 1. The lowest BCUT2D eigenvalue weighted by atomic mass is 10.2. The fourth-order valence-electron chi connectivity index (χ4n) is 1.27. The van der Waals surface area contributed by atoms with E-state index in [2.05, 4.69) is 15.4 Å². The first-order chi connectivity index (χ1) is 8.69. The number of nitrogens with one attached hydrogen (secondary N) is 1. The zero-order chi connectivity index (χ0) is 13.0. The Kier molecular flexibility index (Phi) is 3.35. The lowest BCUT2D eigenvalue weighted by Gasteiger charge is -2.05. The van der Waals surface area contributed by atoms with E-state index in [1.165, 1.54) is 12.4 Å². The summed E-state index contributed by atoms with van der Waals surface area (Å²) in [6.45, 7) is 0. The molecule has 0 saturated carbocycles. The molecule has 0 fully saturated rings. The summed E-state index contributed by atoms with van der Waals surface area (Å²) in [5, 5.41) is 0. The molecule has 0 aliphatic rings. The van der Waals surface area contributed by atoms with Gasteiger partial charge >= 0.3 is 0 Å². The van der Waals surface area contributed by atoms with Crippen LogP contribution in [0.3, 0.4) is 0 Å². The zero-order valence-corrected chi connectivity index (χ0v) is 9.33. The van der Waals surface area contributed by atoms with Gasteiger partial charge in [0.25, 0.3) is 0 Å². The molecule has 0 aliphatic heterocycles. The second kappa shape index (κ2) is 5.11. The van der Waals surface area contributed by atoms with Crippen molar-refractivity contribution in [1.82, 2.24) is 9.97 Å². The van der Waals surface area contributed by atoms with E-state index in [1.807, 2.05) is 0 Å². The van der Waals surface area contributed by atoms with Gasteiger partial charge in [-0.15, -0.1) is 0 Å². The van der Waals surface area contributed by atoms with E-state index in [1.54, 1.807) is 24.3 Å². The maximum absolute atomic E-state index is 10.9. The number of hydrogen-bond acceptors (Lipinski definition) is 6. The van der Waals surface area contributed by atoms with Crippen LogP contribution in [0.1, 0.15) is 10.4 Å². The number of ether oxygens (including phenoxy) is 1. The summed E-state index contributed by atoms with van der Waals surface area (Å²) >= 11 is 0. The lowest BCUT2D eigenvalue weighted by molar-refractivity contribution is 0.100. The monoisotopic (exact) mass is 245 g/mol. The number of nitrogens with zero attached hydrogens (tertiary/aromatic N) is 2. The first kappa shape index (κ1) is 11.8. The second-order valence-corrected chi connectivity index (χ2v) is 3.38. The summed E-state index contributed by atoms with van der Waals surface area (Å²) in [6.07, 6.45) is 2.91. The fourth-order valence-corrected chi connectivity index (χ4v) is 1.27. The van der Waals surface area contributed by atoms with Crippen LogP contribution < -0.4 is 21.7 Å². The van der Waals surface area contributed by atoms with Gasteiger partial charge in [0.15, 0.2) is 5.82 Å². The van der Waals surface area contributed by atoms with Crippen LogP contribution in [-0.4, -0.2) is 15.9 Å². The number of primary amides is 1. The molecule has 0 radical (unpaired) electrons. The van der Waals surface area contributed by atoms with Crippen molar-refractivity contribution < 1.29 is 9.53 Å². The number of hydrazine groups is 1. The Bertz CT molecular complexity index is 556. The third-order valence-corrected chi connectivity index (χ3v) is 2.12. The minimum absolute atomic E-state index is 0.289. The van der Waals surface area contributed by atoms with Crippen molar-refractivity contribution in [3.63, 3.8) is 0 Å². The molecule has 5 N–H and O–H groups in total. The first-order valence-electron chi connectivity index (χ1n) is 5.05. The molecule has 92 valence electrons. The topological polar surface area (TPSA) is 116 Å².